The highest BCUT2D eigenvalue weighted by molar-refractivity contribution is 6.32. The summed E-state index contributed by atoms with van der Waals surface area (Å²) in [7, 11) is 3.06. The zero-order valence-corrected chi connectivity index (χ0v) is 12.6. The molecular formula is C15H14Cl2O3. The first kappa shape index (κ1) is 15.0. The summed E-state index contributed by atoms with van der Waals surface area (Å²) >= 11 is 11.9. The van der Waals surface area contributed by atoms with E-state index in [2.05, 4.69) is 0 Å². The van der Waals surface area contributed by atoms with Crippen molar-refractivity contribution in [3.8, 4) is 11.5 Å². The second-order valence-corrected chi connectivity index (χ2v) is 5.03. The summed E-state index contributed by atoms with van der Waals surface area (Å²) < 4.78 is 10.4. The quantitative estimate of drug-likeness (QED) is 0.924. The Hall–Kier alpha value is -1.42. The predicted octanol–water partition coefficient (Wildman–Crippen LogP) is 4.09. The van der Waals surface area contributed by atoms with Crippen molar-refractivity contribution in [1.82, 2.24) is 0 Å². The van der Waals surface area contributed by atoms with Gasteiger partial charge in [0.1, 0.15) is 17.6 Å². The number of aliphatic hydroxyl groups is 1. The molecule has 1 unspecified atom stereocenters. The molecule has 0 heterocycles. The normalized spacial score (nSPS) is 12.1. The molecule has 0 aliphatic carbocycles. The lowest BCUT2D eigenvalue weighted by atomic mass is 10.0. The fraction of sp³-hybridized carbons (Fsp3) is 0.200. The molecule has 0 aliphatic rings. The summed E-state index contributed by atoms with van der Waals surface area (Å²) in [4.78, 5) is 0. The Morgan fingerprint density at radius 3 is 2.30 bits per heavy atom. The van der Waals surface area contributed by atoms with E-state index in [4.69, 9.17) is 32.7 Å². The lowest BCUT2D eigenvalue weighted by Crippen LogP contribution is -2.03. The molecule has 1 N–H and O–H groups in total. The monoisotopic (exact) mass is 312 g/mol. The minimum atomic E-state index is -0.853. The summed E-state index contributed by atoms with van der Waals surface area (Å²) in [5.74, 6) is 1.04. The molecule has 2 aromatic carbocycles. The third-order valence-corrected chi connectivity index (χ3v) is 3.53. The third-order valence-electron chi connectivity index (χ3n) is 2.98. The molecule has 5 heteroatoms. The maximum absolute atomic E-state index is 10.5. The van der Waals surface area contributed by atoms with Gasteiger partial charge >= 0.3 is 0 Å². The zero-order valence-electron chi connectivity index (χ0n) is 11.1. The third kappa shape index (κ3) is 3.01. The predicted molar refractivity (Wildman–Crippen MR) is 80.1 cm³/mol. The molecule has 0 fully saturated rings. The first-order valence-corrected chi connectivity index (χ1v) is 6.67. The summed E-state index contributed by atoms with van der Waals surface area (Å²) in [6.45, 7) is 0. The van der Waals surface area contributed by atoms with E-state index in [0.717, 1.165) is 0 Å². The van der Waals surface area contributed by atoms with Crippen LogP contribution in [0.15, 0.2) is 36.4 Å². The number of ether oxygens (including phenoxy) is 2. The van der Waals surface area contributed by atoms with Crippen LogP contribution in [0.5, 0.6) is 11.5 Å². The van der Waals surface area contributed by atoms with Crippen molar-refractivity contribution in [2.24, 2.45) is 0 Å². The molecule has 3 nitrogen and oxygen atoms in total. The van der Waals surface area contributed by atoms with E-state index in [1.807, 2.05) is 0 Å². The molecule has 0 aliphatic heterocycles. The van der Waals surface area contributed by atoms with E-state index in [1.165, 1.54) is 14.2 Å². The van der Waals surface area contributed by atoms with Crippen molar-refractivity contribution in [3.05, 3.63) is 57.6 Å². The van der Waals surface area contributed by atoms with E-state index < -0.39 is 6.10 Å². The molecule has 0 aromatic heterocycles. The molecule has 2 rings (SSSR count). The standard InChI is InChI=1S/C15H14Cl2O3/c1-19-13-8-10(16)4-5-11(13)15(18)9-3-6-12(17)14(7-9)20-2/h3-8,15,18H,1-2H3. The molecule has 0 bridgehead atoms. The van der Waals surface area contributed by atoms with Gasteiger partial charge in [-0.25, -0.2) is 0 Å². The van der Waals surface area contributed by atoms with Gasteiger partial charge in [-0.1, -0.05) is 35.3 Å². The maximum atomic E-state index is 10.5. The minimum Gasteiger partial charge on any atom is -0.496 e. The highest BCUT2D eigenvalue weighted by Gasteiger charge is 2.17. The number of rotatable bonds is 4. The van der Waals surface area contributed by atoms with Crippen LogP contribution in [0.25, 0.3) is 0 Å². The van der Waals surface area contributed by atoms with Crippen molar-refractivity contribution in [1.29, 1.82) is 0 Å². The second-order valence-electron chi connectivity index (χ2n) is 4.18. The van der Waals surface area contributed by atoms with Crippen molar-refractivity contribution in [2.75, 3.05) is 14.2 Å². The van der Waals surface area contributed by atoms with Crippen LogP contribution >= 0.6 is 23.2 Å². The van der Waals surface area contributed by atoms with Crippen molar-refractivity contribution < 1.29 is 14.6 Å². The van der Waals surface area contributed by atoms with Crippen LogP contribution in [-0.4, -0.2) is 19.3 Å². The number of halogens is 2. The fourth-order valence-electron chi connectivity index (χ4n) is 1.94. The maximum Gasteiger partial charge on any atom is 0.137 e. The molecule has 2 aromatic rings. The van der Waals surface area contributed by atoms with E-state index in [0.29, 0.717) is 32.7 Å². The van der Waals surface area contributed by atoms with Crippen LogP contribution in [0.3, 0.4) is 0 Å². The van der Waals surface area contributed by atoms with Gasteiger partial charge in [-0.3, -0.25) is 0 Å². The van der Waals surface area contributed by atoms with Crippen LogP contribution in [0.1, 0.15) is 17.2 Å². The topological polar surface area (TPSA) is 38.7 Å². The van der Waals surface area contributed by atoms with E-state index in [1.54, 1.807) is 36.4 Å². The molecule has 0 saturated heterocycles. The number of hydrogen-bond acceptors (Lipinski definition) is 3. The van der Waals surface area contributed by atoms with Crippen LogP contribution in [0.2, 0.25) is 10.0 Å². The van der Waals surface area contributed by atoms with Gasteiger partial charge < -0.3 is 14.6 Å². The molecule has 1 atom stereocenters. The van der Waals surface area contributed by atoms with Crippen LogP contribution in [0.4, 0.5) is 0 Å². The minimum absolute atomic E-state index is 0.492. The molecule has 0 radical (unpaired) electrons. The molecule has 0 amide bonds. The first-order chi connectivity index (χ1) is 9.56. The smallest absolute Gasteiger partial charge is 0.137 e. The van der Waals surface area contributed by atoms with Crippen molar-refractivity contribution in [3.63, 3.8) is 0 Å². The van der Waals surface area contributed by atoms with Gasteiger partial charge in [0.05, 0.1) is 19.2 Å². The molecular weight excluding hydrogens is 299 g/mol. The summed E-state index contributed by atoms with van der Waals surface area (Å²) in [5.41, 5.74) is 1.29. The van der Waals surface area contributed by atoms with Crippen LogP contribution in [-0.2, 0) is 0 Å². The summed E-state index contributed by atoms with van der Waals surface area (Å²) in [6, 6.07) is 10.2. The van der Waals surface area contributed by atoms with E-state index in [9.17, 15) is 5.11 Å². The van der Waals surface area contributed by atoms with Gasteiger partial charge in [0.25, 0.3) is 0 Å². The summed E-state index contributed by atoms with van der Waals surface area (Å²) in [6.07, 6.45) is -0.853. The molecule has 20 heavy (non-hydrogen) atoms. The van der Waals surface area contributed by atoms with Gasteiger partial charge in [0.15, 0.2) is 0 Å². The van der Waals surface area contributed by atoms with Gasteiger partial charge in [-0.15, -0.1) is 0 Å². The Balaban J connectivity index is 2.43. The summed E-state index contributed by atoms with van der Waals surface area (Å²) in [5, 5.41) is 11.5. The van der Waals surface area contributed by atoms with Gasteiger partial charge in [-0.2, -0.15) is 0 Å². The first-order valence-electron chi connectivity index (χ1n) is 5.91. The Bertz CT molecular complexity index is 614. The SMILES string of the molecule is COc1cc(C(O)c2ccc(Cl)cc2OC)ccc1Cl. The molecule has 106 valence electrons. The van der Waals surface area contributed by atoms with E-state index >= 15 is 0 Å². The Kier molecular flexibility index (Phi) is 4.76. The van der Waals surface area contributed by atoms with Crippen LogP contribution in [0, 0.1) is 0 Å². The highest BCUT2D eigenvalue weighted by Crippen LogP contribution is 2.35. The Labute approximate surface area is 127 Å². The number of hydrogen-bond donors (Lipinski definition) is 1. The van der Waals surface area contributed by atoms with Gasteiger partial charge in [-0.05, 0) is 29.8 Å². The number of benzene rings is 2. The Morgan fingerprint density at radius 1 is 0.950 bits per heavy atom. The molecule has 0 saturated carbocycles. The largest absolute Gasteiger partial charge is 0.496 e. The average Bonchev–Trinajstić information content (AvgIpc) is 2.46. The zero-order chi connectivity index (χ0) is 14.7. The second kappa shape index (κ2) is 6.35. The van der Waals surface area contributed by atoms with Crippen molar-refractivity contribution >= 4 is 23.2 Å². The molecule has 0 spiro atoms. The number of methoxy groups -OCH3 is 2. The number of aliphatic hydroxyl groups excluding tert-OH is 1. The fourth-order valence-corrected chi connectivity index (χ4v) is 2.29. The average molecular weight is 313 g/mol. The lowest BCUT2D eigenvalue weighted by Gasteiger charge is -2.16. The highest BCUT2D eigenvalue weighted by atomic mass is 35.5. The lowest BCUT2D eigenvalue weighted by molar-refractivity contribution is 0.214. The van der Waals surface area contributed by atoms with Crippen molar-refractivity contribution in [2.45, 2.75) is 6.10 Å². The van der Waals surface area contributed by atoms with E-state index in [-0.39, 0.29) is 0 Å². The van der Waals surface area contributed by atoms with Crippen LogP contribution < -0.4 is 9.47 Å². The Morgan fingerprint density at radius 2 is 1.65 bits per heavy atom. The van der Waals surface area contributed by atoms with Gasteiger partial charge in [0, 0.05) is 10.6 Å². The van der Waals surface area contributed by atoms with Gasteiger partial charge in [0.2, 0.25) is 0 Å².